The van der Waals surface area contributed by atoms with E-state index in [9.17, 15) is 9.59 Å². The standard InChI is InChI=1S/C12H21N3O3/c1-5-18-8-9(2)13-7-10-6-11(16)15(4)12(17)14(10)3/h6,9,13H,5,7-8H2,1-4H3. The van der Waals surface area contributed by atoms with E-state index in [1.165, 1.54) is 17.7 Å². The van der Waals surface area contributed by atoms with Crippen LogP contribution in [0.3, 0.4) is 0 Å². The van der Waals surface area contributed by atoms with Crippen molar-refractivity contribution in [2.75, 3.05) is 13.2 Å². The van der Waals surface area contributed by atoms with Crippen LogP contribution in [-0.2, 0) is 25.4 Å². The number of hydrogen-bond acceptors (Lipinski definition) is 4. The molecule has 0 radical (unpaired) electrons. The molecule has 0 saturated carbocycles. The smallest absolute Gasteiger partial charge is 0.330 e. The third-order valence-corrected chi connectivity index (χ3v) is 2.83. The van der Waals surface area contributed by atoms with Crippen molar-refractivity contribution in [3.05, 3.63) is 32.6 Å². The Morgan fingerprint density at radius 3 is 2.61 bits per heavy atom. The lowest BCUT2D eigenvalue weighted by Gasteiger charge is -2.15. The van der Waals surface area contributed by atoms with Gasteiger partial charge in [-0.1, -0.05) is 0 Å². The third kappa shape index (κ3) is 3.54. The molecule has 1 unspecified atom stereocenters. The van der Waals surface area contributed by atoms with Gasteiger partial charge >= 0.3 is 5.69 Å². The summed E-state index contributed by atoms with van der Waals surface area (Å²) in [7, 11) is 3.13. The number of hydrogen-bond donors (Lipinski definition) is 1. The average molecular weight is 255 g/mol. The summed E-state index contributed by atoms with van der Waals surface area (Å²) in [6.07, 6.45) is 0. The van der Waals surface area contributed by atoms with Crippen LogP contribution in [0.15, 0.2) is 15.7 Å². The fourth-order valence-corrected chi connectivity index (χ4v) is 1.58. The maximum atomic E-state index is 11.7. The number of rotatable bonds is 6. The van der Waals surface area contributed by atoms with E-state index in [1.807, 2.05) is 13.8 Å². The van der Waals surface area contributed by atoms with Crippen molar-refractivity contribution in [1.82, 2.24) is 14.5 Å². The molecule has 6 nitrogen and oxygen atoms in total. The van der Waals surface area contributed by atoms with Crippen molar-refractivity contribution in [2.45, 2.75) is 26.4 Å². The van der Waals surface area contributed by atoms with Crippen LogP contribution >= 0.6 is 0 Å². The number of aromatic nitrogens is 2. The second-order valence-electron chi connectivity index (χ2n) is 4.32. The lowest BCUT2D eigenvalue weighted by Crippen LogP contribution is -2.40. The summed E-state index contributed by atoms with van der Waals surface area (Å²) in [4.78, 5) is 23.2. The van der Waals surface area contributed by atoms with Gasteiger partial charge in [0.05, 0.1) is 6.61 Å². The quantitative estimate of drug-likeness (QED) is 0.751. The van der Waals surface area contributed by atoms with Crippen molar-refractivity contribution in [1.29, 1.82) is 0 Å². The van der Waals surface area contributed by atoms with Gasteiger partial charge in [0.1, 0.15) is 0 Å². The Labute approximate surface area is 106 Å². The van der Waals surface area contributed by atoms with E-state index in [1.54, 1.807) is 7.05 Å². The zero-order valence-electron chi connectivity index (χ0n) is 11.4. The van der Waals surface area contributed by atoms with E-state index in [0.717, 1.165) is 4.57 Å². The fourth-order valence-electron chi connectivity index (χ4n) is 1.58. The van der Waals surface area contributed by atoms with Crippen molar-refractivity contribution in [2.24, 2.45) is 14.1 Å². The Hall–Kier alpha value is -1.40. The lowest BCUT2D eigenvalue weighted by atomic mass is 10.3. The van der Waals surface area contributed by atoms with E-state index < -0.39 is 0 Å². The molecule has 1 rings (SSSR count). The van der Waals surface area contributed by atoms with Crippen molar-refractivity contribution in [3.8, 4) is 0 Å². The molecule has 0 aliphatic carbocycles. The van der Waals surface area contributed by atoms with Crippen molar-refractivity contribution < 1.29 is 4.74 Å². The molecule has 6 heteroatoms. The zero-order chi connectivity index (χ0) is 13.7. The monoisotopic (exact) mass is 255 g/mol. The largest absolute Gasteiger partial charge is 0.380 e. The Morgan fingerprint density at radius 1 is 1.33 bits per heavy atom. The van der Waals surface area contributed by atoms with Gasteiger partial charge in [-0.05, 0) is 13.8 Å². The highest BCUT2D eigenvalue weighted by molar-refractivity contribution is 5.02. The van der Waals surface area contributed by atoms with Crippen LogP contribution in [0.4, 0.5) is 0 Å². The summed E-state index contributed by atoms with van der Waals surface area (Å²) in [6, 6.07) is 1.64. The van der Waals surface area contributed by atoms with Crippen LogP contribution < -0.4 is 16.6 Å². The summed E-state index contributed by atoms with van der Waals surface area (Å²) in [5.74, 6) is 0. The zero-order valence-corrected chi connectivity index (χ0v) is 11.4. The predicted octanol–water partition coefficient (Wildman–Crippen LogP) is -0.401. The Bertz CT molecular complexity index is 504. The maximum Gasteiger partial charge on any atom is 0.330 e. The molecule has 1 atom stereocenters. The van der Waals surface area contributed by atoms with Crippen LogP contribution in [0.1, 0.15) is 19.5 Å². The molecule has 1 aromatic heterocycles. The van der Waals surface area contributed by atoms with Gasteiger partial charge in [0.25, 0.3) is 5.56 Å². The second kappa shape index (κ2) is 6.51. The first-order valence-corrected chi connectivity index (χ1v) is 6.04. The normalized spacial score (nSPS) is 12.7. The third-order valence-electron chi connectivity index (χ3n) is 2.83. The summed E-state index contributed by atoms with van der Waals surface area (Å²) < 4.78 is 7.85. The molecular weight excluding hydrogens is 234 g/mol. The SMILES string of the molecule is CCOCC(C)NCc1cc(=O)n(C)c(=O)n1C. The van der Waals surface area contributed by atoms with Gasteiger partial charge in [-0.15, -0.1) is 0 Å². The summed E-state index contributed by atoms with van der Waals surface area (Å²) >= 11 is 0. The molecule has 0 spiro atoms. The first kappa shape index (κ1) is 14.7. The van der Waals surface area contributed by atoms with E-state index in [0.29, 0.717) is 25.5 Å². The minimum Gasteiger partial charge on any atom is -0.380 e. The number of ether oxygens (including phenoxy) is 1. The average Bonchev–Trinajstić information content (AvgIpc) is 2.36. The van der Waals surface area contributed by atoms with Crippen molar-refractivity contribution >= 4 is 0 Å². The fraction of sp³-hybridized carbons (Fsp3) is 0.667. The van der Waals surface area contributed by atoms with Gasteiger partial charge < -0.3 is 10.1 Å². The molecule has 0 fully saturated rings. The lowest BCUT2D eigenvalue weighted by molar-refractivity contribution is 0.126. The first-order chi connectivity index (χ1) is 8.47. The van der Waals surface area contributed by atoms with Gasteiger partial charge in [-0.3, -0.25) is 13.9 Å². The molecule has 0 aliphatic rings. The molecule has 0 aromatic carbocycles. The Balaban J connectivity index is 2.74. The molecule has 0 saturated heterocycles. The number of nitrogens with one attached hydrogen (secondary N) is 1. The van der Waals surface area contributed by atoms with Gasteiger partial charge in [0.2, 0.25) is 0 Å². The minimum atomic E-state index is -0.309. The minimum absolute atomic E-state index is 0.170. The molecule has 1 heterocycles. The second-order valence-corrected chi connectivity index (χ2v) is 4.32. The van der Waals surface area contributed by atoms with E-state index >= 15 is 0 Å². The summed E-state index contributed by atoms with van der Waals surface area (Å²) in [5, 5.41) is 3.22. The molecular formula is C12H21N3O3. The van der Waals surface area contributed by atoms with Crippen molar-refractivity contribution in [3.63, 3.8) is 0 Å². The van der Waals surface area contributed by atoms with Crippen LogP contribution in [0.25, 0.3) is 0 Å². The van der Waals surface area contributed by atoms with Gasteiger partial charge in [0.15, 0.2) is 0 Å². The highest BCUT2D eigenvalue weighted by atomic mass is 16.5. The molecule has 0 bridgehead atoms. The Kier molecular flexibility index (Phi) is 5.30. The molecule has 1 aromatic rings. The highest BCUT2D eigenvalue weighted by Gasteiger charge is 2.07. The van der Waals surface area contributed by atoms with E-state index in [-0.39, 0.29) is 17.3 Å². The Morgan fingerprint density at radius 2 is 2.00 bits per heavy atom. The van der Waals surface area contributed by atoms with Crippen LogP contribution in [0.5, 0.6) is 0 Å². The van der Waals surface area contributed by atoms with Crippen LogP contribution in [0.2, 0.25) is 0 Å². The molecule has 0 aliphatic heterocycles. The highest BCUT2D eigenvalue weighted by Crippen LogP contribution is 1.92. The summed E-state index contributed by atoms with van der Waals surface area (Å²) in [5.41, 5.74) is 0.0792. The maximum absolute atomic E-state index is 11.7. The first-order valence-electron chi connectivity index (χ1n) is 6.04. The van der Waals surface area contributed by atoms with Crippen LogP contribution in [0, 0.1) is 0 Å². The van der Waals surface area contributed by atoms with Gasteiger partial charge in [-0.2, -0.15) is 0 Å². The molecule has 102 valence electrons. The van der Waals surface area contributed by atoms with E-state index in [4.69, 9.17) is 4.74 Å². The van der Waals surface area contributed by atoms with Crippen LogP contribution in [-0.4, -0.2) is 28.4 Å². The van der Waals surface area contributed by atoms with E-state index in [2.05, 4.69) is 5.32 Å². The van der Waals surface area contributed by atoms with Gasteiger partial charge in [0, 0.05) is 45.0 Å². The van der Waals surface area contributed by atoms with Gasteiger partial charge in [-0.25, -0.2) is 4.79 Å². The topological polar surface area (TPSA) is 65.3 Å². The number of nitrogens with zero attached hydrogens (tertiary/aromatic N) is 2. The molecule has 18 heavy (non-hydrogen) atoms. The molecule has 1 N–H and O–H groups in total. The summed E-state index contributed by atoms with van der Waals surface area (Å²) in [6.45, 7) is 5.69. The molecule has 0 amide bonds. The predicted molar refractivity (Wildman–Crippen MR) is 69.7 cm³/mol.